The third kappa shape index (κ3) is 1.92. The molecule has 0 aliphatic heterocycles. The maximum absolute atomic E-state index is 11.6. The molecule has 0 aliphatic rings. The van der Waals surface area contributed by atoms with Gasteiger partial charge < -0.3 is 0 Å². The van der Waals surface area contributed by atoms with E-state index in [1.54, 1.807) is 0 Å². The van der Waals surface area contributed by atoms with Crippen LogP contribution >= 0.6 is 15.9 Å². The second-order valence-electron chi connectivity index (χ2n) is 3.29. The van der Waals surface area contributed by atoms with E-state index in [4.69, 9.17) is 0 Å². The zero-order valence-electron chi connectivity index (χ0n) is 8.33. The Morgan fingerprint density at radius 3 is 2.87 bits per heavy atom. The monoisotopic (exact) mass is 263 g/mol. The number of hydrogen-bond donors (Lipinski definition) is 0. The molecule has 0 fully saturated rings. The van der Waals surface area contributed by atoms with Gasteiger partial charge in [-0.15, -0.1) is 0 Å². The number of Topliss-reactive ketones (excluding diaryl/α,β-unsaturated/α-hetero) is 1. The van der Waals surface area contributed by atoms with E-state index in [9.17, 15) is 4.79 Å². The van der Waals surface area contributed by atoms with Crippen molar-refractivity contribution in [2.75, 3.05) is 0 Å². The Labute approximate surface area is 96.5 Å². The van der Waals surface area contributed by atoms with Crippen molar-refractivity contribution in [1.82, 2.24) is 4.98 Å². The molecule has 76 valence electrons. The first-order valence-electron chi connectivity index (χ1n) is 4.81. The van der Waals surface area contributed by atoms with E-state index in [2.05, 4.69) is 20.9 Å². The highest BCUT2D eigenvalue weighted by molar-refractivity contribution is 9.10. The van der Waals surface area contributed by atoms with Gasteiger partial charge in [-0.3, -0.25) is 4.79 Å². The first-order valence-corrected chi connectivity index (χ1v) is 5.60. The van der Waals surface area contributed by atoms with Crippen molar-refractivity contribution in [2.24, 2.45) is 0 Å². The van der Waals surface area contributed by atoms with Crippen LogP contribution in [0.5, 0.6) is 0 Å². The minimum Gasteiger partial charge on any atom is -0.292 e. The predicted octanol–water partition coefficient (Wildman–Crippen LogP) is 3.59. The van der Waals surface area contributed by atoms with Crippen molar-refractivity contribution < 1.29 is 4.79 Å². The maximum atomic E-state index is 11.6. The third-order valence-electron chi connectivity index (χ3n) is 2.26. The van der Waals surface area contributed by atoms with Crippen LogP contribution in [-0.4, -0.2) is 10.8 Å². The lowest BCUT2D eigenvalue weighted by molar-refractivity contribution is 0.0983. The third-order valence-corrected chi connectivity index (χ3v) is 2.87. The number of fused-ring (bicyclic) bond motifs is 1. The van der Waals surface area contributed by atoms with Crippen LogP contribution in [0, 0.1) is 0 Å². The summed E-state index contributed by atoms with van der Waals surface area (Å²) in [6.07, 6.45) is 0.476. The molecule has 2 aromatic rings. The van der Waals surface area contributed by atoms with Gasteiger partial charge in [0.2, 0.25) is 0 Å². The Bertz CT molecular complexity index is 522. The molecule has 2 rings (SSSR count). The van der Waals surface area contributed by atoms with Gasteiger partial charge in [-0.2, -0.15) is 0 Å². The molecule has 0 saturated carbocycles. The number of halogens is 1. The summed E-state index contributed by atoms with van der Waals surface area (Å²) >= 11 is 3.38. The molecule has 0 spiro atoms. The number of benzene rings is 1. The van der Waals surface area contributed by atoms with E-state index in [-0.39, 0.29) is 5.78 Å². The molecular weight excluding hydrogens is 254 g/mol. The maximum Gasteiger partial charge on any atom is 0.182 e. The Morgan fingerprint density at radius 1 is 1.40 bits per heavy atom. The molecule has 3 heteroatoms. The summed E-state index contributed by atoms with van der Waals surface area (Å²) in [5.74, 6) is 0.0626. The van der Waals surface area contributed by atoms with Crippen molar-refractivity contribution in [3.8, 4) is 0 Å². The normalized spacial score (nSPS) is 10.5. The summed E-state index contributed by atoms with van der Waals surface area (Å²) < 4.78 is 0.771. The molecule has 1 aromatic carbocycles. The largest absolute Gasteiger partial charge is 0.292 e. The Morgan fingerprint density at radius 2 is 2.13 bits per heavy atom. The summed E-state index contributed by atoms with van der Waals surface area (Å²) in [4.78, 5) is 15.9. The highest BCUT2D eigenvalue weighted by Gasteiger charge is 2.10. The molecule has 0 saturated heterocycles. The highest BCUT2D eigenvalue weighted by atomic mass is 79.9. The van der Waals surface area contributed by atoms with Gasteiger partial charge in [0, 0.05) is 16.3 Å². The van der Waals surface area contributed by atoms with Crippen molar-refractivity contribution in [3.63, 3.8) is 0 Å². The van der Waals surface area contributed by atoms with Gasteiger partial charge >= 0.3 is 0 Å². The highest BCUT2D eigenvalue weighted by Crippen LogP contribution is 2.22. The fraction of sp³-hybridized carbons (Fsp3) is 0.167. The van der Waals surface area contributed by atoms with Crippen molar-refractivity contribution in [3.05, 3.63) is 40.5 Å². The minimum atomic E-state index is 0.0626. The van der Waals surface area contributed by atoms with Crippen LogP contribution in [0.3, 0.4) is 0 Å². The standard InChI is InChI=1S/C12H10BrNO/c1-2-11(15)12-9(13)7-8-5-3-4-6-10(8)14-12/h3-7H,2H2,1H3. The summed E-state index contributed by atoms with van der Waals surface area (Å²) in [5.41, 5.74) is 1.38. The molecule has 0 unspecified atom stereocenters. The van der Waals surface area contributed by atoms with E-state index in [0.717, 1.165) is 15.4 Å². The number of hydrogen-bond acceptors (Lipinski definition) is 2. The van der Waals surface area contributed by atoms with Crippen molar-refractivity contribution >= 4 is 32.6 Å². The van der Waals surface area contributed by atoms with Crippen LogP contribution in [0.1, 0.15) is 23.8 Å². The van der Waals surface area contributed by atoms with Crippen LogP contribution in [0.4, 0.5) is 0 Å². The molecule has 2 nitrogen and oxygen atoms in total. The molecular formula is C12H10BrNO. The smallest absolute Gasteiger partial charge is 0.182 e. The van der Waals surface area contributed by atoms with Gasteiger partial charge in [0.05, 0.1) is 5.52 Å². The molecule has 1 aromatic heterocycles. The zero-order valence-corrected chi connectivity index (χ0v) is 9.91. The lowest BCUT2D eigenvalue weighted by atomic mass is 10.1. The average molecular weight is 264 g/mol. The minimum absolute atomic E-state index is 0.0626. The van der Waals surface area contributed by atoms with E-state index in [1.807, 2.05) is 37.3 Å². The predicted molar refractivity (Wildman–Crippen MR) is 64.1 cm³/mol. The van der Waals surface area contributed by atoms with E-state index < -0.39 is 0 Å². The summed E-state index contributed by atoms with van der Waals surface area (Å²) in [7, 11) is 0. The van der Waals surface area contributed by atoms with E-state index >= 15 is 0 Å². The molecule has 0 atom stereocenters. The van der Waals surface area contributed by atoms with Gasteiger partial charge in [0.15, 0.2) is 5.78 Å². The van der Waals surface area contributed by atoms with E-state index in [0.29, 0.717) is 12.1 Å². The van der Waals surface area contributed by atoms with Gasteiger partial charge in [0.1, 0.15) is 5.69 Å². The summed E-state index contributed by atoms with van der Waals surface area (Å²) in [6, 6.07) is 9.70. The quantitative estimate of drug-likeness (QED) is 0.776. The number of carbonyl (C=O) groups is 1. The molecule has 0 radical (unpaired) electrons. The Hall–Kier alpha value is -1.22. The first-order chi connectivity index (χ1) is 7.22. The van der Waals surface area contributed by atoms with Crippen LogP contribution in [0.15, 0.2) is 34.8 Å². The van der Waals surface area contributed by atoms with Gasteiger partial charge in [-0.25, -0.2) is 4.98 Å². The van der Waals surface area contributed by atoms with Crippen molar-refractivity contribution in [1.29, 1.82) is 0 Å². The molecule has 15 heavy (non-hydrogen) atoms. The molecule has 0 N–H and O–H groups in total. The van der Waals surface area contributed by atoms with E-state index in [1.165, 1.54) is 0 Å². The number of carbonyl (C=O) groups excluding carboxylic acids is 1. The lowest BCUT2D eigenvalue weighted by Gasteiger charge is -2.03. The van der Waals surface area contributed by atoms with Crippen molar-refractivity contribution in [2.45, 2.75) is 13.3 Å². The van der Waals surface area contributed by atoms with Gasteiger partial charge in [0.25, 0.3) is 0 Å². The van der Waals surface area contributed by atoms with Crippen LogP contribution < -0.4 is 0 Å². The number of rotatable bonds is 2. The number of aromatic nitrogens is 1. The fourth-order valence-electron chi connectivity index (χ4n) is 1.45. The van der Waals surface area contributed by atoms with Crippen LogP contribution in [-0.2, 0) is 0 Å². The molecule has 0 bridgehead atoms. The SMILES string of the molecule is CCC(=O)c1nc2ccccc2cc1Br. The molecule has 0 amide bonds. The van der Waals surface area contributed by atoms with Crippen LogP contribution in [0.2, 0.25) is 0 Å². The summed E-state index contributed by atoms with van der Waals surface area (Å²) in [6.45, 7) is 1.84. The molecule has 0 aliphatic carbocycles. The Kier molecular flexibility index (Phi) is 2.82. The second kappa shape index (κ2) is 4.11. The Balaban J connectivity index is 2.67. The second-order valence-corrected chi connectivity index (χ2v) is 4.14. The fourth-order valence-corrected chi connectivity index (χ4v) is 2.01. The first kappa shape index (κ1) is 10.3. The summed E-state index contributed by atoms with van der Waals surface area (Å²) in [5, 5.41) is 1.04. The lowest BCUT2D eigenvalue weighted by Crippen LogP contribution is -2.01. The van der Waals surface area contributed by atoms with Gasteiger partial charge in [-0.1, -0.05) is 25.1 Å². The number of ketones is 1. The number of nitrogens with zero attached hydrogens (tertiary/aromatic N) is 1. The average Bonchev–Trinajstić information content (AvgIpc) is 2.27. The number of pyridine rings is 1. The van der Waals surface area contributed by atoms with Gasteiger partial charge in [-0.05, 0) is 28.1 Å². The molecule has 1 heterocycles. The zero-order chi connectivity index (χ0) is 10.8. The van der Waals surface area contributed by atoms with Crippen LogP contribution in [0.25, 0.3) is 10.9 Å². The topological polar surface area (TPSA) is 30.0 Å². The number of para-hydroxylation sites is 1.